The zero-order valence-corrected chi connectivity index (χ0v) is 18.5. The van der Waals surface area contributed by atoms with Crippen LogP contribution in [0.15, 0.2) is 18.2 Å². The molecule has 2 fully saturated rings. The summed E-state index contributed by atoms with van der Waals surface area (Å²) in [7, 11) is -3.09. The highest BCUT2D eigenvalue weighted by molar-refractivity contribution is 7.91. The molecular formula is C21H29N3O5S. The first-order chi connectivity index (χ1) is 14.1. The average molecular weight is 436 g/mol. The van der Waals surface area contributed by atoms with Crippen LogP contribution in [-0.2, 0) is 24.2 Å². The van der Waals surface area contributed by atoms with Gasteiger partial charge in [-0.3, -0.25) is 14.4 Å². The quantitative estimate of drug-likeness (QED) is 0.712. The van der Waals surface area contributed by atoms with E-state index in [0.717, 1.165) is 16.8 Å². The summed E-state index contributed by atoms with van der Waals surface area (Å²) in [5.74, 6) is -1.18. The van der Waals surface area contributed by atoms with Crippen molar-refractivity contribution in [2.75, 3.05) is 36.0 Å². The number of nitrogens with zero attached hydrogens (tertiary/aromatic N) is 2. The molecule has 0 radical (unpaired) electrons. The molecule has 1 aromatic carbocycles. The summed E-state index contributed by atoms with van der Waals surface area (Å²) in [5.41, 5.74) is 2.91. The molecule has 30 heavy (non-hydrogen) atoms. The Kier molecular flexibility index (Phi) is 6.50. The lowest BCUT2D eigenvalue weighted by Gasteiger charge is -2.25. The minimum Gasteiger partial charge on any atom is -0.351 e. The molecule has 2 atom stereocenters. The molecule has 164 valence electrons. The lowest BCUT2D eigenvalue weighted by atomic mass is 10.1. The van der Waals surface area contributed by atoms with E-state index in [4.69, 9.17) is 0 Å². The lowest BCUT2D eigenvalue weighted by molar-refractivity contribution is -0.139. The third kappa shape index (κ3) is 4.83. The van der Waals surface area contributed by atoms with Crippen LogP contribution in [0.1, 0.15) is 30.9 Å². The molecule has 0 aromatic heterocycles. The maximum atomic E-state index is 13.0. The molecule has 0 saturated carbocycles. The minimum atomic E-state index is -3.09. The molecule has 2 aliphatic heterocycles. The number of hydrogen-bond donors (Lipinski definition) is 1. The van der Waals surface area contributed by atoms with Crippen LogP contribution in [0, 0.1) is 19.8 Å². The van der Waals surface area contributed by atoms with Gasteiger partial charge in [0.15, 0.2) is 9.84 Å². The number of sulfone groups is 1. The fourth-order valence-corrected chi connectivity index (χ4v) is 5.77. The van der Waals surface area contributed by atoms with E-state index in [1.165, 1.54) is 4.90 Å². The second kappa shape index (κ2) is 8.75. The highest BCUT2D eigenvalue weighted by Gasteiger charge is 2.38. The van der Waals surface area contributed by atoms with E-state index < -0.39 is 21.8 Å². The molecule has 3 amide bonds. The number of anilines is 1. The van der Waals surface area contributed by atoms with Crippen molar-refractivity contribution in [3.63, 3.8) is 0 Å². The van der Waals surface area contributed by atoms with E-state index >= 15 is 0 Å². The van der Waals surface area contributed by atoms with Crippen LogP contribution in [0.3, 0.4) is 0 Å². The van der Waals surface area contributed by atoms with E-state index in [-0.39, 0.29) is 42.2 Å². The van der Waals surface area contributed by atoms with Gasteiger partial charge in [-0.05, 0) is 44.4 Å². The van der Waals surface area contributed by atoms with Gasteiger partial charge in [0.25, 0.3) is 0 Å². The standard InChI is InChI=1S/C21H29N3O5S/c1-4-23(12-19(25)22-17-8-9-30(28,29)13-17)21(27)16-10-20(26)24(11-16)18-7-5-6-14(2)15(18)3/h5-7,16-17H,4,8-13H2,1-3H3,(H,22,25)/t16-,17+/m1/s1. The van der Waals surface area contributed by atoms with Gasteiger partial charge in [0.1, 0.15) is 0 Å². The molecule has 2 heterocycles. The third-order valence-electron chi connectivity index (χ3n) is 5.97. The molecule has 1 aromatic rings. The first-order valence-corrected chi connectivity index (χ1v) is 12.1. The van der Waals surface area contributed by atoms with Gasteiger partial charge in [0.05, 0.1) is 24.0 Å². The van der Waals surface area contributed by atoms with Crippen molar-refractivity contribution < 1.29 is 22.8 Å². The molecule has 9 heteroatoms. The topological polar surface area (TPSA) is 104 Å². The summed E-state index contributed by atoms with van der Waals surface area (Å²) >= 11 is 0. The Hall–Kier alpha value is -2.42. The zero-order chi connectivity index (χ0) is 22.1. The van der Waals surface area contributed by atoms with Gasteiger partial charge < -0.3 is 15.1 Å². The number of likely N-dealkylation sites (N-methyl/N-ethyl adjacent to an activating group) is 1. The fourth-order valence-electron chi connectivity index (χ4n) is 4.09. The SMILES string of the molecule is CCN(CC(=O)N[C@H]1CCS(=O)(=O)C1)C(=O)[C@@H]1CC(=O)N(c2cccc(C)c2C)C1. The number of rotatable bonds is 6. The van der Waals surface area contributed by atoms with Crippen LogP contribution in [0.25, 0.3) is 0 Å². The highest BCUT2D eigenvalue weighted by Crippen LogP contribution is 2.30. The van der Waals surface area contributed by atoms with Gasteiger partial charge in [0, 0.05) is 31.2 Å². The Morgan fingerprint density at radius 2 is 2.00 bits per heavy atom. The Labute approximate surface area is 177 Å². The zero-order valence-electron chi connectivity index (χ0n) is 17.7. The average Bonchev–Trinajstić information content (AvgIpc) is 3.23. The predicted molar refractivity (Wildman–Crippen MR) is 114 cm³/mol. The number of hydrogen-bond acceptors (Lipinski definition) is 5. The van der Waals surface area contributed by atoms with E-state index in [1.54, 1.807) is 11.8 Å². The third-order valence-corrected chi connectivity index (χ3v) is 7.73. The second-order valence-electron chi connectivity index (χ2n) is 8.14. The van der Waals surface area contributed by atoms with Crippen LogP contribution >= 0.6 is 0 Å². The van der Waals surface area contributed by atoms with Gasteiger partial charge in [-0.2, -0.15) is 0 Å². The molecule has 0 spiro atoms. The molecule has 8 nitrogen and oxygen atoms in total. The molecule has 3 rings (SSSR count). The summed E-state index contributed by atoms with van der Waals surface area (Å²) in [6, 6.07) is 5.36. The lowest BCUT2D eigenvalue weighted by Crippen LogP contribution is -2.46. The van der Waals surface area contributed by atoms with Crippen molar-refractivity contribution in [1.29, 1.82) is 0 Å². The van der Waals surface area contributed by atoms with E-state index in [9.17, 15) is 22.8 Å². The Bertz CT molecular complexity index is 959. The fraction of sp³-hybridized carbons (Fsp3) is 0.571. The Morgan fingerprint density at radius 1 is 1.27 bits per heavy atom. The van der Waals surface area contributed by atoms with Gasteiger partial charge in [-0.25, -0.2) is 8.42 Å². The van der Waals surface area contributed by atoms with Crippen molar-refractivity contribution in [2.24, 2.45) is 5.92 Å². The van der Waals surface area contributed by atoms with Crippen molar-refractivity contribution in [2.45, 2.75) is 39.7 Å². The summed E-state index contributed by atoms with van der Waals surface area (Å²) < 4.78 is 23.1. The largest absolute Gasteiger partial charge is 0.351 e. The van der Waals surface area contributed by atoms with Gasteiger partial charge in [0.2, 0.25) is 17.7 Å². The summed E-state index contributed by atoms with van der Waals surface area (Å²) in [6.45, 7) is 6.21. The molecule has 0 unspecified atom stereocenters. The summed E-state index contributed by atoms with van der Waals surface area (Å²) in [4.78, 5) is 41.0. The number of benzene rings is 1. The maximum Gasteiger partial charge on any atom is 0.239 e. The molecule has 2 aliphatic rings. The molecule has 2 saturated heterocycles. The van der Waals surface area contributed by atoms with Crippen LogP contribution < -0.4 is 10.2 Å². The number of carbonyl (C=O) groups excluding carboxylic acids is 3. The first kappa shape index (κ1) is 22.3. The first-order valence-electron chi connectivity index (χ1n) is 10.3. The number of amides is 3. The van der Waals surface area contributed by atoms with Crippen LogP contribution in [0.4, 0.5) is 5.69 Å². The van der Waals surface area contributed by atoms with Crippen molar-refractivity contribution in [3.8, 4) is 0 Å². The van der Waals surface area contributed by atoms with E-state index in [0.29, 0.717) is 19.5 Å². The number of aryl methyl sites for hydroxylation is 1. The molecule has 0 aliphatic carbocycles. The predicted octanol–water partition coefficient (Wildman–Crippen LogP) is 0.808. The van der Waals surface area contributed by atoms with Crippen LogP contribution in [-0.4, -0.2) is 68.2 Å². The Balaban J connectivity index is 1.62. The van der Waals surface area contributed by atoms with Crippen molar-refractivity contribution in [1.82, 2.24) is 10.2 Å². The van der Waals surface area contributed by atoms with Gasteiger partial charge in [-0.1, -0.05) is 12.1 Å². The van der Waals surface area contributed by atoms with Crippen LogP contribution in [0.2, 0.25) is 0 Å². The highest BCUT2D eigenvalue weighted by atomic mass is 32.2. The molecule has 1 N–H and O–H groups in total. The molecular weight excluding hydrogens is 406 g/mol. The minimum absolute atomic E-state index is 0.0548. The maximum absolute atomic E-state index is 13.0. The van der Waals surface area contributed by atoms with Gasteiger partial charge in [-0.15, -0.1) is 0 Å². The summed E-state index contributed by atoms with van der Waals surface area (Å²) in [5, 5.41) is 2.71. The smallest absolute Gasteiger partial charge is 0.239 e. The second-order valence-corrected chi connectivity index (χ2v) is 10.4. The summed E-state index contributed by atoms with van der Waals surface area (Å²) in [6.07, 6.45) is 0.515. The Morgan fingerprint density at radius 3 is 2.63 bits per heavy atom. The monoisotopic (exact) mass is 435 g/mol. The van der Waals surface area contributed by atoms with Crippen molar-refractivity contribution >= 4 is 33.2 Å². The van der Waals surface area contributed by atoms with Gasteiger partial charge >= 0.3 is 0 Å². The van der Waals surface area contributed by atoms with E-state index in [2.05, 4.69) is 5.32 Å². The van der Waals surface area contributed by atoms with E-state index in [1.807, 2.05) is 32.0 Å². The molecule has 0 bridgehead atoms. The van der Waals surface area contributed by atoms with Crippen molar-refractivity contribution in [3.05, 3.63) is 29.3 Å². The van der Waals surface area contributed by atoms with Crippen LogP contribution in [0.5, 0.6) is 0 Å². The number of carbonyl (C=O) groups is 3. The number of nitrogens with one attached hydrogen (secondary N) is 1. The normalized spacial score (nSPS) is 22.9.